The van der Waals surface area contributed by atoms with Crippen molar-refractivity contribution in [3.63, 3.8) is 0 Å². The molecule has 0 radical (unpaired) electrons. The highest BCUT2D eigenvalue weighted by Crippen LogP contribution is 2.39. The van der Waals surface area contributed by atoms with Gasteiger partial charge in [-0.2, -0.15) is 0 Å². The Morgan fingerprint density at radius 1 is 1.44 bits per heavy atom. The molecule has 94 valence electrons. The molecule has 0 aromatic heterocycles. The minimum absolute atomic E-state index is 0.00227. The Bertz CT molecular complexity index is 251. The third kappa shape index (κ3) is 3.78. The molecule has 1 rings (SSSR count). The summed E-state index contributed by atoms with van der Waals surface area (Å²) in [5, 5.41) is 3.01. The fraction of sp³-hybridized carbons (Fsp3) is 0.923. The lowest BCUT2D eigenvalue weighted by atomic mass is 9.70. The van der Waals surface area contributed by atoms with Gasteiger partial charge in [-0.3, -0.25) is 4.79 Å². The van der Waals surface area contributed by atoms with E-state index < -0.39 is 0 Å². The maximum Gasteiger partial charge on any atom is 0.221 e. The molecule has 1 unspecified atom stereocenters. The average Bonchev–Trinajstić information content (AvgIpc) is 2.10. The van der Waals surface area contributed by atoms with Crippen LogP contribution < -0.4 is 11.1 Å². The first-order chi connectivity index (χ1) is 7.23. The molecule has 1 atom stereocenters. The number of carbonyl (C=O) groups excluding carboxylic acids is 1. The van der Waals surface area contributed by atoms with Gasteiger partial charge in [-0.25, -0.2) is 0 Å². The topological polar surface area (TPSA) is 55.1 Å². The molecule has 0 heterocycles. The third-order valence-corrected chi connectivity index (χ3v) is 3.79. The van der Waals surface area contributed by atoms with Gasteiger partial charge < -0.3 is 11.1 Å². The summed E-state index contributed by atoms with van der Waals surface area (Å²) in [5.41, 5.74) is 6.32. The van der Waals surface area contributed by atoms with Crippen LogP contribution in [0.15, 0.2) is 0 Å². The van der Waals surface area contributed by atoms with Crippen molar-refractivity contribution >= 4 is 5.91 Å². The highest BCUT2D eigenvalue weighted by atomic mass is 16.1. The van der Waals surface area contributed by atoms with Crippen molar-refractivity contribution in [1.29, 1.82) is 0 Å². The fourth-order valence-electron chi connectivity index (χ4n) is 1.85. The van der Waals surface area contributed by atoms with Crippen LogP contribution in [0.4, 0.5) is 0 Å². The van der Waals surface area contributed by atoms with E-state index in [-0.39, 0.29) is 17.4 Å². The van der Waals surface area contributed by atoms with E-state index in [1.807, 2.05) is 0 Å². The Hall–Kier alpha value is -0.570. The maximum atomic E-state index is 11.7. The molecule has 0 aromatic rings. The maximum absolute atomic E-state index is 11.7. The van der Waals surface area contributed by atoms with Gasteiger partial charge in [0.05, 0.1) is 0 Å². The molecule has 0 spiro atoms. The van der Waals surface area contributed by atoms with Gasteiger partial charge >= 0.3 is 0 Å². The molecule has 16 heavy (non-hydrogen) atoms. The van der Waals surface area contributed by atoms with E-state index in [1.54, 1.807) is 0 Å². The summed E-state index contributed by atoms with van der Waals surface area (Å²) < 4.78 is 0. The molecule has 1 saturated carbocycles. The highest BCUT2D eigenvalue weighted by molar-refractivity contribution is 5.76. The van der Waals surface area contributed by atoms with Crippen LogP contribution in [0.25, 0.3) is 0 Å². The summed E-state index contributed by atoms with van der Waals surface area (Å²) in [6.07, 6.45) is 4.20. The van der Waals surface area contributed by atoms with Gasteiger partial charge in [-0.15, -0.1) is 0 Å². The third-order valence-electron chi connectivity index (χ3n) is 3.79. The van der Waals surface area contributed by atoms with E-state index in [4.69, 9.17) is 5.73 Å². The molecular formula is C13H26N2O. The SMILES string of the molecule is CC1(CNC(=O)CC(N)C(C)(C)C)CCC1. The highest BCUT2D eigenvalue weighted by Gasteiger charge is 2.32. The Kier molecular flexibility index (Phi) is 4.00. The Balaban J connectivity index is 2.25. The van der Waals surface area contributed by atoms with E-state index in [9.17, 15) is 4.79 Å². The Morgan fingerprint density at radius 3 is 2.38 bits per heavy atom. The van der Waals surface area contributed by atoms with E-state index in [2.05, 4.69) is 33.0 Å². The molecule has 0 aliphatic heterocycles. The molecule has 1 amide bonds. The summed E-state index contributed by atoms with van der Waals surface area (Å²) in [5.74, 6) is 0.0931. The largest absolute Gasteiger partial charge is 0.356 e. The summed E-state index contributed by atoms with van der Waals surface area (Å²) in [6, 6.07) is -0.0679. The van der Waals surface area contributed by atoms with Crippen LogP contribution in [0.1, 0.15) is 53.4 Å². The van der Waals surface area contributed by atoms with Crippen LogP contribution in [0, 0.1) is 10.8 Å². The second-order valence-electron chi connectivity index (χ2n) is 6.62. The molecule has 1 fully saturated rings. The molecule has 1 aliphatic rings. The van der Waals surface area contributed by atoms with Gasteiger partial charge in [-0.05, 0) is 23.7 Å². The van der Waals surface area contributed by atoms with Gasteiger partial charge in [0.1, 0.15) is 0 Å². The number of hydrogen-bond acceptors (Lipinski definition) is 2. The van der Waals surface area contributed by atoms with E-state index in [0.29, 0.717) is 11.8 Å². The van der Waals surface area contributed by atoms with Crippen LogP contribution in [0.5, 0.6) is 0 Å². The first-order valence-corrected chi connectivity index (χ1v) is 6.25. The minimum Gasteiger partial charge on any atom is -0.356 e. The second kappa shape index (κ2) is 4.74. The number of amides is 1. The van der Waals surface area contributed by atoms with E-state index in [0.717, 1.165) is 6.54 Å². The normalized spacial score (nSPS) is 21.1. The molecule has 3 heteroatoms. The van der Waals surface area contributed by atoms with Gasteiger partial charge in [0.25, 0.3) is 0 Å². The van der Waals surface area contributed by atoms with Gasteiger partial charge in [0.2, 0.25) is 5.91 Å². The van der Waals surface area contributed by atoms with Crippen molar-refractivity contribution in [3.8, 4) is 0 Å². The minimum atomic E-state index is -0.0679. The lowest BCUT2D eigenvalue weighted by molar-refractivity contribution is -0.122. The first kappa shape index (κ1) is 13.5. The van der Waals surface area contributed by atoms with Crippen molar-refractivity contribution in [3.05, 3.63) is 0 Å². The summed E-state index contributed by atoms with van der Waals surface area (Å²) >= 11 is 0. The van der Waals surface area contributed by atoms with Crippen molar-refractivity contribution < 1.29 is 4.79 Å². The average molecular weight is 226 g/mol. The molecule has 3 nitrogen and oxygen atoms in total. The molecule has 3 N–H and O–H groups in total. The molecule has 1 aliphatic carbocycles. The van der Waals surface area contributed by atoms with Crippen LogP contribution in [0.3, 0.4) is 0 Å². The van der Waals surface area contributed by atoms with E-state index in [1.165, 1.54) is 19.3 Å². The Labute approximate surface area is 99.2 Å². The number of carbonyl (C=O) groups is 1. The van der Waals surface area contributed by atoms with Crippen molar-refractivity contribution in [1.82, 2.24) is 5.32 Å². The van der Waals surface area contributed by atoms with Crippen molar-refractivity contribution in [2.24, 2.45) is 16.6 Å². The summed E-state index contributed by atoms with van der Waals surface area (Å²) in [4.78, 5) is 11.7. The van der Waals surface area contributed by atoms with Crippen molar-refractivity contribution in [2.75, 3.05) is 6.54 Å². The van der Waals surface area contributed by atoms with Crippen LogP contribution >= 0.6 is 0 Å². The molecule has 0 saturated heterocycles. The zero-order valence-corrected chi connectivity index (χ0v) is 11.1. The number of hydrogen-bond donors (Lipinski definition) is 2. The quantitative estimate of drug-likeness (QED) is 0.771. The van der Waals surface area contributed by atoms with Crippen LogP contribution in [-0.2, 0) is 4.79 Å². The van der Waals surface area contributed by atoms with Crippen LogP contribution in [-0.4, -0.2) is 18.5 Å². The predicted molar refractivity (Wildman–Crippen MR) is 67.0 cm³/mol. The van der Waals surface area contributed by atoms with Gasteiger partial charge in [-0.1, -0.05) is 34.1 Å². The van der Waals surface area contributed by atoms with Crippen LogP contribution in [0.2, 0.25) is 0 Å². The second-order valence-corrected chi connectivity index (χ2v) is 6.62. The monoisotopic (exact) mass is 226 g/mol. The van der Waals surface area contributed by atoms with Crippen molar-refractivity contribution in [2.45, 2.75) is 59.4 Å². The lowest BCUT2D eigenvalue weighted by Crippen LogP contribution is -2.44. The summed E-state index contributed by atoms with van der Waals surface area (Å²) in [7, 11) is 0. The summed E-state index contributed by atoms with van der Waals surface area (Å²) in [6.45, 7) is 9.25. The first-order valence-electron chi connectivity index (χ1n) is 6.25. The zero-order valence-electron chi connectivity index (χ0n) is 11.1. The van der Waals surface area contributed by atoms with Gasteiger partial charge in [0.15, 0.2) is 0 Å². The van der Waals surface area contributed by atoms with E-state index >= 15 is 0 Å². The standard InChI is InChI=1S/C13H26N2O/c1-12(2,3)10(14)8-11(16)15-9-13(4)6-5-7-13/h10H,5-9,14H2,1-4H3,(H,15,16). The lowest BCUT2D eigenvalue weighted by Gasteiger charge is -2.38. The fourth-order valence-corrected chi connectivity index (χ4v) is 1.85. The van der Waals surface area contributed by atoms with Gasteiger partial charge in [0, 0.05) is 19.0 Å². The Morgan fingerprint density at radius 2 is 2.00 bits per heavy atom. The molecule has 0 bridgehead atoms. The smallest absolute Gasteiger partial charge is 0.221 e. The zero-order chi connectivity index (χ0) is 12.4. The predicted octanol–water partition coefficient (Wildman–Crippen LogP) is 2.06. The number of nitrogens with two attached hydrogens (primary N) is 1. The molecule has 0 aromatic carbocycles. The number of rotatable bonds is 4. The molecular weight excluding hydrogens is 200 g/mol. The number of nitrogens with one attached hydrogen (secondary N) is 1.